The lowest BCUT2D eigenvalue weighted by atomic mass is 9.66. The fraction of sp³-hybridized carbons (Fsp3) is 0.696. The molecule has 5 nitrogen and oxygen atoms in total. The largest absolute Gasteiger partial charge is 0.508 e. The van der Waals surface area contributed by atoms with E-state index in [9.17, 15) is 20.4 Å². The number of phenolic OH excluding ortho intramolecular Hbond substituents is 2. The van der Waals surface area contributed by atoms with E-state index in [4.69, 9.17) is 4.74 Å². The number of fused-ring (bicyclic) bond motifs is 3. The summed E-state index contributed by atoms with van der Waals surface area (Å²) < 4.78 is 6.47. The van der Waals surface area contributed by atoms with Crippen LogP contribution >= 0.6 is 0 Å². The average molecular weight is 705 g/mol. The standard InChI is InChI=1S/C25H38O3.C21H34O2/c1-6-7-8-9-12-24(2,3)18-14-21(27)23-19-13-17(16-26)10-11-20(19)25(4,5)28-22(23)15-18;1-4-5-6-7-13-21(2,3)17-11-12-19(20(23)15-17)16-9-8-10-18(22)14-16/h10,14-15,19-20,26-27H,6-9,11-13,16H2,1-5H3;11-12,15-16,18,22-23H,4-10,13-14H2,1-3H3/t19-,20-;16-,18+/m10/s1. The van der Waals surface area contributed by atoms with Crippen LogP contribution in [0.3, 0.4) is 0 Å². The van der Waals surface area contributed by atoms with Gasteiger partial charge in [-0.2, -0.15) is 0 Å². The van der Waals surface area contributed by atoms with Gasteiger partial charge in [0.15, 0.2) is 0 Å². The third-order valence-electron chi connectivity index (χ3n) is 12.6. The number of aliphatic hydroxyl groups is 2. The van der Waals surface area contributed by atoms with E-state index >= 15 is 0 Å². The molecule has 0 bridgehead atoms. The number of aromatic hydroxyl groups is 2. The Labute approximate surface area is 310 Å². The smallest absolute Gasteiger partial charge is 0.127 e. The summed E-state index contributed by atoms with van der Waals surface area (Å²) in [5.74, 6) is 2.44. The molecule has 0 unspecified atom stereocenters. The zero-order valence-electron chi connectivity index (χ0n) is 33.5. The van der Waals surface area contributed by atoms with Gasteiger partial charge in [0.05, 0.1) is 12.7 Å². The first-order chi connectivity index (χ1) is 24.1. The maximum atomic E-state index is 11.0. The molecule has 286 valence electrons. The van der Waals surface area contributed by atoms with Gasteiger partial charge in [-0.05, 0) is 116 Å². The first kappa shape index (κ1) is 41.3. The molecular formula is C46H72O5. The number of rotatable bonds is 14. The Morgan fingerprint density at radius 3 is 2.02 bits per heavy atom. The molecule has 2 aromatic carbocycles. The summed E-state index contributed by atoms with van der Waals surface area (Å²) in [5, 5.41) is 41.1. The highest BCUT2D eigenvalue weighted by Crippen LogP contribution is 2.55. The Bertz CT molecular complexity index is 1440. The van der Waals surface area contributed by atoms with Crippen molar-refractivity contribution in [1.29, 1.82) is 0 Å². The molecule has 2 aliphatic carbocycles. The minimum atomic E-state index is -0.286. The number of benzene rings is 2. The van der Waals surface area contributed by atoms with Crippen molar-refractivity contribution in [2.45, 2.75) is 192 Å². The van der Waals surface area contributed by atoms with Crippen molar-refractivity contribution in [2.24, 2.45) is 5.92 Å². The molecule has 0 spiro atoms. The van der Waals surface area contributed by atoms with Gasteiger partial charge in [-0.25, -0.2) is 0 Å². The Hall–Kier alpha value is -2.50. The molecule has 0 radical (unpaired) electrons. The van der Waals surface area contributed by atoms with Crippen molar-refractivity contribution in [3.63, 3.8) is 0 Å². The Morgan fingerprint density at radius 1 is 0.804 bits per heavy atom. The summed E-state index contributed by atoms with van der Waals surface area (Å²) in [6.45, 7) is 18.0. The van der Waals surface area contributed by atoms with E-state index in [-0.39, 0.29) is 35.1 Å². The van der Waals surface area contributed by atoms with Crippen LogP contribution in [0.25, 0.3) is 0 Å². The van der Waals surface area contributed by atoms with E-state index in [1.807, 2.05) is 12.1 Å². The molecule has 5 rings (SSSR count). The minimum Gasteiger partial charge on any atom is -0.508 e. The molecule has 1 saturated carbocycles. The fourth-order valence-corrected chi connectivity index (χ4v) is 9.02. The van der Waals surface area contributed by atoms with Crippen LogP contribution in [0.1, 0.15) is 192 Å². The molecule has 0 saturated heterocycles. The zero-order valence-corrected chi connectivity index (χ0v) is 33.5. The van der Waals surface area contributed by atoms with E-state index < -0.39 is 0 Å². The molecule has 1 aliphatic heterocycles. The van der Waals surface area contributed by atoms with E-state index in [2.05, 4.69) is 79.7 Å². The summed E-state index contributed by atoms with van der Waals surface area (Å²) in [6, 6.07) is 10.4. The van der Waals surface area contributed by atoms with Gasteiger partial charge in [-0.3, -0.25) is 0 Å². The highest BCUT2D eigenvalue weighted by Gasteiger charge is 2.46. The van der Waals surface area contributed by atoms with Crippen LogP contribution in [0.15, 0.2) is 42.0 Å². The molecule has 1 heterocycles. The van der Waals surface area contributed by atoms with Gasteiger partial charge in [0.1, 0.15) is 22.8 Å². The monoisotopic (exact) mass is 705 g/mol. The van der Waals surface area contributed by atoms with E-state index in [1.54, 1.807) is 0 Å². The molecule has 2 aromatic rings. The van der Waals surface area contributed by atoms with Gasteiger partial charge < -0.3 is 25.2 Å². The predicted molar refractivity (Wildman–Crippen MR) is 212 cm³/mol. The Balaban J connectivity index is 0.000000233. The molecule has 0 aromatic heterocycles. The van der Waals surface area contributed by atoms with E-state index in [1.165, 1.54) is 56.9 Å². The average Bonchev–Trinajstić information content (AvgIpc) is 3.08. The topological polar surface area (TPSA) is 90.2 Å². The summed E-state index contributed by atoms with van der Waals surface area (Å²) in [4.78, 5) is 0. The van der Waals surface area contributed by atoms with Crippen molar-refractivity contribution < 1.29 is 25.2 Å². The summed E-state index contributed by atoms with van der Waals surface area (Å²) >= 11 is 0. The summed E-state index contributed by atoms with van der Waals surface area (Å²) in [7, 11) is 0. The number of allylic oxidation sites excluding steroid dienone is 1. The first-order valence-corrected chi connectivity index (χ1v) is 20.5. The molecule has 1 fully saturated rings. The second-order valence-electron chi connectivity index (χ2n) is 18.0. The van der Waals surface area contributed by atoms with Crippen LogP contribution in [0.2, 0.25) is 0 Å². The first-order valence-electron chi connectivity index (χ1n) is 20.5. The number of unbranched alkanes of at least 4 members (excludes halogenated alkanes) is 6. The van der Waals surface area contributed by atoms with Gasteiger partial charge in [-0.1, -0.05) is 118 Å². The second kappa shape index (κ2) is 18.0. The number of phenols is 2. The maximum absolute atomic E-state index is 11.0. The minimum absolute atomic E-state index is 0.00727. The molecule has 5 heteroatoms. The fourth-order valence-electron chi connectivity index (χ4n) is 9.02. The van der Waals surface area contributed by atoms with E-state index in [0.717, 1.165) is 79.4 Å². The van der Waals surface area contributed by atoms with Gasteiger partial charge >= 0.3 is 0 Å². The van der Waals surface area contributed by atoms with Crippen LogP contribution < -0.4 is 4.74 Å². The molecule has 4 atom stereocenters. The third kappa shape index (κ3) is 10.6. The second-order valence-corrected chi connectivity index (χ2v) is 18.0. The third-order valence-corrected chi connectivity index (χ3v) is 12.6. The normalized spacial score (nSPS) is 22.9. The lowest BCUT2D eigenvalue weighted by molar-refractivity contribution is 0.00662. The van der Waals surface area contributed by atoms with Gasteiger partial charge in [-0.15, -0.1) is 0 Å². The summed E-state index contributed by atoms with van der Waals surface area (Å²) in [6.07, 6.45) is 19.8. The Morgan fingerprint density at radius 2 is 1.43 bits per heavy atom. The van der Waals surface area contributed by atoms with Gasteiger partial charge in [0.2, 0.25) is 0 Å². The van der Waals surface area contributed by atoms with Crippen molar-refractivity contribution >= 4 is 0 Å². The maximum Gasteiger partial charge on any atom is 0.127 e. The van der Waals surface area contributed by atoms with Crippen LogP contribution in [0, 0.1) is 5.92 Å². The van der Waals surface area contributed by atoms with Crippen LogP contribution in [-0.4, -0.2) is 38.7 Å². The zero-order chi connectivity index (χ0) is 37.4. The van der Waals surface area contributed by atoms with Crippen molar-refractivity contribution in [2.75, 3.05) is 6.61 Å². The SMILES string of the molecule is CCCCCCC(C)(C)c1cc(O)c2c(c1)OC(C)(C)[C@@H]1CC=C(CO)C[C@@H]21.CCCCCCC(C)(C)c1ccc([C@H]2CCC[C@@H](O)C2)c(O)c1. The predicted octanol–water partition coefficient (Wildman–Crippen LogP) is 11.9. The van der Waals surface area contributed by atoms with Crippen molar-refractivity contribution in [1.82, 2.24) is 0 Å². The quantitative estimate of drug-likeness (QED) is 0.116. The molecular weight excluding hydrogens is 633 g/mol. The molecule has 3 aliphatic rings. The van der Waals surface area contributed by atoms with E-state index in [0.29, 0.717) is 23.3 Å². The van der Waals surface area contributed by atoms with Crippen LogP contribution in [0.5, 0.6) is 17.2 Å². The number of hydrogen-bond donors (Lipinski definition) is 4. The van der Waals surface area contributed by atoms with Gasteiger partial charge in [0.25, 0.3) is 0 Å². The Kier molecular flexibility index (Phi) is 14.6. The lowest BCUT2D eigenvalue weighted by Crippen LogP contribution is -2.45. The highest BCUT2D eigenvalue weighted by atomic mass is 16.5. The van der Waals surface area contributed by atoms with Crippen LogP contribution in [-0.2, 0) is 10.8 Å². The lowest BCUT2D eigenvalue weighted by Gasteiger charge is -2.47. The highest BCUT2D eigenvalue weighted by molar-refractivity contribution is 5.54. The molecule has 4 N–H and O–H groups in total. The van der Waals surface area contributed by atoms with Crippen molar-refractivity contribution in [3.8, 4) is 17.2 Å². The molecule has 51 heavy (non-hydrogen) atoms. The number of aliphatic hydroxyl groups excluding tert-OH is 2. The summed E-state index contributed by atoms with van der Waals surface area (Å²) in [5.41, 5.74) is 5.25. The number of ether oxygens (including phenoxy) is 1. The number of hydrogen-bond acceptors (Lipinski definition) is 5. The van der Waals surface area contributed by atoms with Gasteiger partial charge in [0, 0.05) is 17.4 Å². The molecule has 0 amide bonds. The van der Waals surface area contributed by atoms with Crippen molar-refractivity contribution in [3.05, 3.63) is 64.2 Å². The van der Waals surface area contributed by atoms with Crippen LogP contribution in [0.4, 0.5) is 0 Å².